The molecule has 6 nitrogen and oxygen atoms in total. The van der Waals surface area contributed by atoms with E-state index in [1.165, 1.54) is 12.5 Å². The zero-order chi connectivity index (χ0) is 15.7. The van der Waals surface area contributed by atoms with Crippen LogP contribution in [0.3, 0.4) is 0 Å². The highest BCUT2D eigenvalue weighted by Crippen LogP contribution is 2.21. The lowest BCUT2D eigenvalue weighted by atomic mass is 10.1. The minimum atomic E-state index is -0.0566. The molecule has 22 heavy (non-hydrogen) atoms. The molecule has 2 heterocycles. The quantitative estimate of drug-likeness (QED) is 0.913. The van der Waals surface area contributed by atoms with Crippen molar-refractivity contribution in [1.82, 2.24) is 14.7 Å². The van der Waals surface area contributed by atoms with Gasteiger partial charge < -0.3 is 15.1 Å². The SMILES string of the molecule is CC(=O)Nc1ccc(CN2CCN3C(=O)N(C)C[C@H]3C2)cc1. The molecule has 0 spiro atoms. The number of hydrogen-bond donors (Lipinski definition) is 1. The van der Waals surface area contributed by atoms with Crippen LogP contribution in [0.2, 0.25) is 0 Å². The van der Waals surface area contributed by atoms with Crippen LogP contribution in [0.25, 0.3) is 0 Å². The summed E-state index contributed by atoms with van der Waals surface area (Å²) in [6.45, 7) is 5.83. The van der Waals surface area contributed by atoms with E-state index in [4.69, 9.17) is 0 Å². The number of hydrogen-bond acceptors (Lipinski definition) is 3. The Kier molecular flexibility index (Phi) is 4.02. The summed E-state index contributed by atoms with van der Waals surface area (Å²) in [6.07, 6.45) is 0. The molecular formula is C16H22N4O2. The van der Waals surface area contributed by atoms with E-state index in [0.717, 1.165) is 38.4 Å². The molecule has 2 aliphatic rings. The van der Waals surface area contributed by atoms with E-state index in [9.17, 15) is 9.59 Å². The summed E-state index contributed by atoms with van der Waals surface area (Å²) in [5.74, 6) is -0.0566. The maximum atomic E-state index is 11.9. The number of rotatable bonds is 3. The fourth-order valence-electron chi connectivity index (χ4n) is 3.24. The molecule has 0 saturated carbocycles. The maximum Gasteiger partial charge on any atom is 0.320 e. The molecule has 118 valence electrons. The maximum absolute atomic E-state index is 11.9. The summed E-state index contributed by atoms with van der Waals surface area (Å²) in [4.78, 5) is 29.1. The van der Waals surface area contributed by atoms with Gasteiger partial charge in [0.05, 0.1) is 6.04 Å². The highest BCUT2D eigenvalue weighted by molar-refractivity contribution is 5.88. The number of carbonyl (C=O) groups excluding carboxylic acids is 2. The first-order valence-corrected chi connectivity index (χ1v) is 7.63. The molecule has 2 fully saturated rings. The molecule has 3 rings (SSSR count). The number of carbonyl (C=O) groups is 2. The summed E-state index contributed by atoms with van der Waals surface area (Å²) >= 11 is 0. The first kappa shape index (κ1) is 14.8. The van der Waals surface area contributed by atoms with E-state index < -0.39 is 0 Å². The summed E-state index contributed by atoms with van der Waals surface area (Å²) in [6, 6.07) is 8.42. The first-order chi connectivity index (χ1) is 10.5. The second-order valence-electron chi connectivity index (χ2n) is 6.12. The summed E-state index contributed by atoms with van der Waals surface area (Å²) in [5.41, 5.74) is 2.05. The Hall–Kier alpha value is -2.08. The van der Waals surface area contributed by atoms with E-state index in [1.54, 1.807) is 4.90 Å². The van der Waals surface area contributed by atoms with Gasteiger partial charge in [-0.15, -0.1) is 0 Å². The van der Waals surface area contributed by atoms with Gasteiger partial charge in [-0.25, -0.2) is 4.79 Å². The van der Waals surface area contributed by atoms with Crippen LogP contribution in [0.15, 0.2) is 24.3 Å². The minimum Gasteiger partial charge on any atom is -0.326 e. The minimum absolute atomic E-state index is 0.0566. The number of piperazine rings is 1. The van der Waals surface area contributed by atoms with Gasteiger partial charge in [-0.05, 0) is 17.7 Å². The van der Waals surface area contributed by atoms with Crippen LogP contribution in [0, 0.1) is 0 Å². The molecule has 1 aromatic rings. The van der Waals surface area contributed by atoms with E-state index >= 15 is 0 Å². The Morgan fingerprint density at radius 2 is 1.95 bits per heavy atom. The lowest BCUT2D eigenvalue weighted by Crippen LogP contribution is -2.51. The Morgan fingerprint density at radius 3 is 2.64 bits per heavy atom. The molecule has 1 atom stereocenters. The van der Waals surface area contributed by atoms with Gasteiger partial charge in [-0.2, -0.15) is 0 Å². The molecule has 0 radical (unpaired) electrons. The molecule has 2 aliphatic heterocycles. The van der Waals surface area contributed by atoms with E-state index in [1.807, 2.05) is 36.2 Å². The smallest absolute Gasteiger partial charge is 0.320 e. The third kappa shape index (κ3) is 3.06. The van der Waals surface area contributed by atoms with E-state index in [2.05, 4.69) is 10.2 Å². The molecule has 0 aliphatic carbocycles. The Labute approximate surface area is 130 Å². The van der Waals surface area contributed by atoms with Crippen LogP contribution in [0.1, 0.15) is 12.5 Å². The molecular weight excluding hydrogens is 280 g/mol. The number of likely N-dealkylation sites (N-methyl/N-ethyl adjacent to an activating group) is 1. The van der Waals surface area contributed by atoms with Crippen molar-refractivity contribution in [3.8, 4) is 0 Å². The number of nitrogens with zero attached hydrogens (tertiary/aromatic N) is 3. The van der Waals surface area contributed by atoms with Crippen molar-refractivity contribution in [2.45, 2.75) is 19.5 Å². The first-order valence-electron chi connectivity index (χ1n) is 7.63. The van der Waals surface area contributed by atoms with Crippen molar-refractivity contribution in [3.63, 3.8) is 0 Å². The zero-order valence-electron chi connectivity index (χ0n) is 13.1. The second kappa shape index (κ2) is 5.96. The largest absolute Gasteiger partial charge is 0.326 e. The highest BCUT2D eigenvalue weighted by atomic mass is 16.2. The third-order valence-electron chi connectivity index (χ3n) is 4.30. The zero-order valence-corrected chi connectivity index (χ0v) is 13.1. The molecule has 1 aromatic carbocycles. The van der Waals surface area contributed by atoms with Crippen molar-refractivity contribution in [3.05, 3.63) is 29.8 Å². The monoisotopic (exact) mass is 302 g/mol. The molecule has 3 amide bonds. The number of urea groups is 1. The van der Waals surface area contributed by atoms with Crippen molar-refractivity contribution in [2.75, 3.05) is 38.5 Å². The topological polar surface area (TPSA) is 55.9 Å². The molecule has 1 N–H and O–H groups in total. The highest BCUT2D eigenvalue weighted by Gasteiger charge is 2.38. The average Bonchev–Trinajstić information content (AvgIpc) is 2.75. The third-order valence-corrected chi connectivity index (χ3v) is 4.30. The van der Waals surface area contributed by atoms with Gasteiger partial charge >= 0.3 is 6.03 Å². The van der Waals surface area contributed by atoms with Gasteiger partial charge in [-0.3, -0.25) is 9.69 Å². The lowest BCUT2D eigenvalue weighted by molar-refractivity contribution is -0.114. The molecule has 6 heteroatoms. The summed E-state index contributed by atoms with van der Waals surface area (Å²) < 4.78 is 0. The second-order valence-corrected chi connectivity index (χ2v) is 6.12. The van der Waals surface area contributed by atoms with Gasteiger partial charge in [-0.1, -0.05) is 12.1 Å². The number of fused-ring (bicyclic) bond motifs is 1. The van der Waals surface area contributed by atoms with Gasteiger partial charge in [0.2, 0.25) is 5.91 Å². The molecule has 0 unspecified atom stereocenters. The van der Waals surface area contributed by atoms with Crippen LogP contribution in [-0.4, -0.2) is 65.9 Å². The van der Waals surface area contributed by atoms with Crippen LogP contribution in [0.4, 0.5) is 10.5 Å². The summed E-state index contributed by atoms with van der Waals surface area (Å²) in [7, 11) is 1.87. The lowest BCUT2D eigenvalue weighted by Gasteiger charge is -2.36. The van der Waals surface area contributed by atoms with Crippen molar-refractivity contribution >= 4 is 17.6 Å². The Bertz CT molecular complexity index is 572. The van der Waals surface area contributed by atoms with Gasteiger partial charge in [0.15, 0.2) is 0 Å². The van der Waals surface area contributed by atoms with Crippen LogP contribution < -0.4 is 5.32 Å². The number of benzene rings is 1. The van der Waals surface area contributed by atoms with Gasteiger partial charge in [0, 0.05) is 52.4 Å². The predicted octanol–water partition coefficient (Wildman–Crippen LogP) is 1.20. The van der Waals surface area contributed by atoms with Crippen LogP contribution >= 0.6 is 0 Å². The van der Waals surface area contributed by atoms with E-state index in [-0.39, 0.29) is 11.9 Å². The van der Waals surface area contributed by atoms with Gasteiger partial charge in [0.25, 0.3) is 0 Å². The van der Waals surface area contributed by atoms with Gasteiger partial charge in [0.1, 0.15) is 0 Å². The normalized spacial score (nSPS) is 21.9. The fraction of sp³-hybridized carbons (Fsp3) is 0.500. The summed E-state index contributed by atoms with van der Waals surface area (Å²) in [5, 5.41) is 2.77. The standard InChI is InChI=1S/C16H22N4O2/c1-12(21)17-14-5-3-13(4-6-14)9-19-7-8-20-15(11-19)10-18(2)16(20)22/h3-6,15H,7-11H2,1-2H3,(H,17,21)/t15-/m0/s1. The Morgan fingerprint density at radius 1 is 1.23 bits per heavy atom. The molecule has 2 saturated heterocycles. The number of amides is 3. The number of nitrogens with one attached hydrogen (secondary N) is 1. The fourth-order valence-corrected chi connectivity index (χ4v) is 3.24. The number of anilines is 1. The van der Waals surface area contributed by atoms with Crippen molar-refractivity contribution in [2.24, 2.45) is 0 Å². The van der Waals surface area contributed by atoms with Crippen molar-refractivity contribution < 1.29 is 9.59 Å². The van der Waals surface area contributed by atoms with Crippen LogP contribution in [0.5, 0.6) is 0 Å². The molecule has 0 bridgehead atoms. The van der Waals surface area contributed by atoms with Crippen molar-refractivity contribution in [1.29, 1.82) is 0 Å². The predicted molar refractivity (Wildman–Crippen MR) is 84.5 cm³/mol. The van der Waals surface area contributed by atoms with Crippen LogP contribution in [-0.2, 0) is 11.3 Å². The Balaban J connectivity index is 1.58. The van der Waals surface area contributed by atoms with E-state index in [0.29, 0.717) is 6.04 Å². The molecule has 0 aromatic heterocycles. The average molecular weight is 302 g/mol.